The molecule has 1 aromatic carbocycles. The van der Waals surface area contributed by atoms with E-state index in [9.17, 15) is 4.39 Å². The number of benzene rings is 1. The predicted octanol–water partition coefficient (Wildman–Crippen LogP) is 2.75. The molecule has 0 bridgehead atoms. The van der Waals surface area contributed by atoms with E-state index in [0.717, 1.165) is 18.4 Å². The van der Waals surface area contributed by atoms with Crippen LogP contribution in [-0.2, 0) is 4.74 Å². The second kappa shape index (κ2) is 5.35. The van der Waals surface area contributed by atoms with E-state index in [1.165, 1.54) is 6.07 Å². The summed E-state index contributed by atoms with van der Waals surface area (Å²) in [7, 11) is 1.65. The second-order valence-electron chi connectivity index (χ2n) is 4.35. The van der Waals surface area contributed by atoms with Gasteiger partial charge in [-0.1, -0.05) is 19.4 Å². The Morgan fingerprint density at radius 1 is 1.50 bits per heavy atom. The number of anilines is 1. The smallest absolute Gasteiger partial charge is 0.201 e. The van der Waals surface area contributed by atoms with Gasteiger partial charge in [0.25, 0.3) is 0 Å². The van der Waals surface area contributed by atoms with Crippen LogP contribution in [0.5, 0.6) is 0 Å². The molecule has 0 fully saturated rings. The normalized spacial score (nSPS) is 13.1. The van der Waals surface area contributed by atoms with Crippen molar-refractivity contribution in [3.8, 4) is 0 Å². The van der Waals surface area contributed by atoms with E-state index < -0.39 is 0 Å². The number of hydrogen-bond acceptors (Lipinski definition) is 3. The van der Waals surface area contributed by atoms with Crippen molar-refractivity contribution in [2.75, 3.05) is 19.5 Å². The van der Waals surface area contributed by atoms with Crippen molar-refractivity contribution < 1.29 is 9.13 Å². The van der Waals surface area contributed by atoms with Crippen molar-refractivity contribution in [3.05, 3.63) is 24.0 Å². The van der Waals surface area contributed by atoms with E-state index in [1.54, 1.807) is 13.2 Å². The molecule has 0 aliphatic rings. The van der Waals surface area contributed by atoms with Crippen LogP contribution in [0, 0.1) is 5.82 Å². The third-order valence-corrected chi connectivity index (χ3v) is 3.04. The fourth-order valence-electron chi connectivity index (χ4n) is 2.30. The average Bonchev–Trinajstić information content (AvgIpc) is 2.67. The van der Waals surface area contributed by atoms with Gasteiger partial charge in [0.2, 0.25) is 5.95 Å². The zero-order valence-corrected chi connectivity index (χ0v) is 10.7. The van der Waals surface area contributed by atoms with Gasteiger partial charge in [0.05, 0.1) is 18.2 Å². The van der Waals surface area contributed by atoms with Crippen molar-refractivity contribution in [1.82, 2.24) is 9.55 Å². The molecule has 0 spiro atoms. The summed E-state index contributed by atoms with van der Waals surface area (Å²) >= 11 is 0. The van der Waals surface area contributed by atoms with Crippen LogP contribution in [-0.4, -0.2) is 23.3 Å². The van der Waals surface area contributed by atoms with Crippen molar-refractivity contribution in [2.45, 2.75) is 25.8 Å². The van der Waals surface area contributed by atoms with E-state index in [0.29, 0.717) is 18.1 Å². The van der Waals surface area contributed by atoms with Gasteiger partial charge in [0, 0.05) is 7.11 Å². The van der Waals surface area contributed by atoms with Gasteiger partial charge in [0.15, 0.2) is 5.82 Å². The third-order valence-electron chi connectivity index (χ3n) is 3.04. The van der Waals surface area contributed by atoms with Crippen LogP contribution in [0.15, 0.2) is 18.2 Å². The lowest BCUT2D eigenvalue weighted by molar-refractivity contribution is 0.153. The van der Waals surface area contributed by atoms with E-state index in [1.807, 2.05) is 10.6 Å². The quantitative estimate of drug-likeness (QED) is 0.889. The molecule has 4 nitrogen and oxygen atoms in total. The third kappa shape index (κ3) is 2.18. The Labute approximate surface area is 106 Å². The molecule has 1 unspecified atom stereocenters. The summed E-state index contributed by atoms with van der Waals surface area (Å²) in [5.41, 5.74) is 6.96. The number of nitrogens with zero attached hydrogens (tertiary/aromatic N) is 2. The average molecular weight is 251 g/mol. The minimum Gasteiger partial charge on any atom is -0.383 e. The number of aromatic nitrogens is 2. The first-order chi connectivity index (χ1) is 8.69. The molecule has 2 rings (SSSR count). The largest absolute Gasteiger partial charge is 0.383 e. The summed E-state index contributed by atoms with van der Waals surface area (Å²) in [6.07, 6.45) is 1.92. The minimum atomic E-state index is -0.342. The topological polar surface area (TPSA) is 53.1 Å². The van der Waals surface area contributed by atoms with Crippen LogP contribution in [0.2, 0.25) is 0 Å². The molecular weight excluding hydrogens is 233 g/mol. The lowest BCUT2D eigenvalue weighted by Gasteiger charge is -2.19. The number of imidazole rings is 1. The first kappa shape index (κ1) is 12.8. The number of halogens is 1. The Balaban J connectivity index is 2.54. The maximum Gasteiger partial charge on any atom is 0.201 e. The van der Waals surface area contributed by atoms with Crippen molar-refractivity contribution in [2.24, 2.45) is 0 Å². The highest BCUT2D eigenvalue weighted by Crippen LogP contribution is 2.27. The van der Waals surface area contributed by atoms with E-state index in [4.69, 9.17) is 10.5 Å². The van der Waals surface area contributed by atoms with Gasteiger partial charge in [-0.25, -0.2) is 9.37 Å². The number of ether oxygens (including phenoxy) is 1. The molecule has 1 atom stereocenters. The molecule has 5 heteroatoms. The first-order valence-corrected chi connectivity index (χ1v) is 6.09. The lowest BCUT2D eigenvalue weighted by Crippen LogP contribution is -2.16. The van der Waals surface area contributed by atoms with E-state index in [2.05, 4.69) is 11.9 Å². The van der Waals surface area contributed by atoms with Crippen LogP contribution in [0.3, 0.4) is 0 Å². The summed E-state index contributed by atoms with van der Waals surface area (Å²) in [6.45, 7) is 2.64. The van der Waals surface area contributed by atoms with Gasteiger partial charge in [0.1, 0.15) is 5.52 Å². The molecule has 1 heterocycles. The molecule has 1 aromatic heterocycles. The van der Waals surface area contributed by atoms with Gasteiger partial charge >= 0.3 is 0 Å². The zero-order valence-electron chi connectivity index (χ0n) is 10.7. The van der Waals surface area contributed by atoms with Gasteiger partial charge in [-0.15, -0.1) is 0 Å². The number of methoxy groups -OCH3 is 1. The summed E-state index contributed by atoms with van der Waals surface area (Å²) < 4.78 is 20.7. The molecule has 0 amide bonds. The number of fused-ring (bicyclic) bond motifs is 1. The highest BCUT2D eigenvalue weighted by atomic mass is 19.1. The number of rotatable bonds is 5. The van der Waals surface area contributed by atoms with Crippen LogP contribution < -0.4 is 5.73 Å². The van der Waals surface area contributed by atoms with E-state index >= 15 is 0 Å². The second-order valence-corrected chi connectivity index (χ2v) is 4.35. The molecule has 0 saturated heterocycles. The highest BCUT2D eigenvalue weighted by Gasteiger charge is 2.18. The monoisotopic (exact) mass is 251 g/mol. The number of hydrogen-bond donors (Lipinski definition) is 1. The molecule has 98 valence electrons. The van der Waals surface area contributed by atoms with E-state index in [-0.39, 0.29) is 11.9 Å². The maximum atomic E-state index is 13.7. The standard InChI is InChI=1S/C13H18FN3O/c1-3-5-9(8-18-2)17-11-7-4-6-10(14)12(11)16-13(17)15/h4,6-7,9H,3,5,8H2,1-2H3,(H2,15,16). The molecule has 2 aromatic rings. The molecule has 0 saturated carbocycles. The van der Waals surface area contributed by atoms with Crippen molar-refractivity contribution >= 4 is 17.0 Å². The molecule has 0 aliphatic heterocycles. The van der Waals surface area contributed by atoms with Crippen LogP contribution in [0.4, 0.5) is 10.3 Å². The molecule has 0 aliphatic carbocycles. The Morgan fingerprint density at radius 2 is 2.28 bits per heavy atom. The summed E-state index contributed by atoms with van der Waals surface area (Å²) in [6, 6.07) is 4.99. The maximum absolute atomic E-state index is 13.7. The Hall–Kier alpha value is -1.62. The first-order valence-electron chi connectivity index (χ1n) is 6.09. The van der Waals surface area contributed by atoms with Gasteiger partial charge in [-0.2, -0.15) is 0 Å². The summed E-state index contributed by atoms with van der Waals surface area (Å²) in [4.78, 5) is 4.11. The number of nitrogen functional groups attached to an aromatic ring is 1. The van der Waals surface area contributed by atoms with Crippen molar-refractivity contribution in [1.29, 1.82) is 0 Å². The molecular formula is C13H18FN3O. The molecule has 18 heavy (non-hydrogen) atoms. The lowest BCUT2D eigenvalue weighted by atomic mass is 10.1. The highest BCUT2D eigenvalue weighted by molar-refractivity contribution is 5.79. The molecule has 0 radical (unpaired) electrons. The fourth-order valence-corrected chi connectivity index (χ4v) is 2.30. The number of para-hydroxylation sites is 1. The van der Waals surface area contributed by atoms with Crippen molar-refractivity contribution in [3.63, 3.8) is 0 Å². The predicted molar refractivity (Wildman–Crippen MR) is 69.9 cm³/mol. The Bertz CT molecular complexity index is 532. The van der Waals surface area contributed by atoms with Gasteiger partial charge in [-0.3, -0.25) is 0 Å². The Morgan fingerprint density at radius 3 is 2.94 bits per heavy atom. The van der Waals surface area contributed by atoms with Gasteiger partial charge < -0.3 is 15.0 Å². The van der Waals surface area contributed by atoms with Crippen LogP contribution in [0.25, 0.3) is 11.0 Å². The fraction of sp³-hybridized carbons (Fsp3) is 0.462. The summed E-state index contributed by atoms with van der Waals surface area (Å²) in [5.74, 6) is -0.00350. The zero-order chi connectivity index (χ0) is 13.1. The van der Waals surface area contributed by atoms with Gasteiger partial charge in [-0.05, 0) is 18.6 Å². The molecule has 2 N–H and O–H groups in total. The van der Waals surface area contributed by atoms with Crippen LogP contribution >= 0.6 is 0 Å². The minimum absolute atomic E-state index is 0.0896. The number of nitrogens with two attached hydrogens (primary N) is 1. The van der Waals surface area contributed by atoms with Crippen LogP contribution in [0.1, 0.15) is 25.8 Å². The summed E-state index contributed by atoms with van der Waals surface area (Å²) in [5, 5.41) is 0. The SMILES string of the molecule is CCCC(COC)n1c(N)nc2c(F)cccc21. The Kier molecular flexibility index (Phi) is 3.81.